The van der Waals surface area contributed by atoms with E-state index in [0.717, 1.165) is 31.4 Å². The summed E-state index contributed by atoms with van der Waals surface area (Å²) in [7, 11) is 1.89. The third-order valence-corrected chi connectivity index (χ3v) is 5.54. The standard InChI is InChI=1S/C17H25N3O3/c1-19-11-13(10-18-19)15-14(4-8-22-15)16(21)20-7-9-23-17(12-20)5-2-3-6-17/h10-11,14-15H,2-9,12H2,1H3/t14-,15+/m0/s1. The van der Waals surface area contributed by atoms with Gasteiger partial charge >= 0.3 is 0 Å². The summed E-state index contributed by atoms with van der Waals surface area (Å²) in [5, 5.41) is 4.22. The summed E-state index contributed by atoms with van der Waals surface area (Å²) in [6, 6.07) is 0. The van der Waals surface area contributed by atoms with Crippen LogP contribution in [-0.2, 0) is 21.3 Å². The van der Waals surface area contributed by atoms with Crippen LogP contribution in [0.5, 0.6) is 0 Å². The number of amides is 1. The summed E-state index contributed by atoms with van der Waals surface area (Å²) in [6.07, 6.45) is 9.01. The zero-order valence-electron chi connectivity index (χ0n) is 13.7. The van der Waals surface area contributed by atoms with E-state index in [1.807, 2.05) is 24.3 Å². The van der Waals surface area contributed by atoms with Crippen LogP contribution in [0.25, 0.3) is 0 Å². The first kappa shape index (κ1) is 15.1. The van der Waals surface area contributed by atoms with Crippen molar-refractivity contribution in [1.82, 2.24) is 14.7 Å². The van der Waals surface area contributed by atoms with Gasteiger partial charge in [-0.05, 0) is 19.3 Å². The molecule has 6 nitrogen and oxygen atoms in total. The molecule has 3 aliphatic rings. The summed E-state index contributed by atoms with van der Waals surface area (Å²) >= 11 is 0. The van der Waals surface area contributed by atoms with Gasteiger partial charge < -0.3 is 14.4 Å². The van der Waals surface area contributed by atoms with Crippen LogP contribution in [0.3, 0.4) is 0 Å². The quantitative estimate of drug-likeness (QED) is 0.832. The van der Waals surface area contributed by atoms with E-state index in [0.29, 0.717) is 19.8 Å². The second kappa shape index (κ2) is 5.91. The highest BCUT2D eigenvalue weighted by Crippen LogP contribution is 2.39. The number of hydrogen-bond donors (Lipinski definition) is 0. The van der Waals surface area contributed by atoms with Crippen molar-refractivity contribution in [1.29, 1.82) is 0 Å². The third kappa shape index (κ3) is 2.78. The number of nitrogens with zero attached hydrogens (tertiary/aromatic N) is 3. The molecule has 2 saturated heterocycles. The molecule has 126 valence electrons. The highest BCUT2D eigenvalue weighted by atomic mass is 16.5. The maximum atomic E-state index is 13.1. The number of aromatic nitrogens is 2. The first-order valence-electron chi connectivity index (χ1n) is 8.70. The molecule has 1 saturated carbocycles. The normalized spacial score (nSPS) is 30.2. The molecule has 0 aromatic carbocycles. The highest BCUT2D eigenvalue weighted by molar-refractivity contribution is 5.80. The van der Waals surface area contributed by atoms with Gasteiger partial charge in [0.15, 0.2) is 0 Å². The third-order valence-electron chi connectivity index (χ3n) is 5.54. The number of rotatable bonds is 2. The van der Waals surface area contributed by atoms with E-state index in [2.05, 4.69) is 5.10 Å². The lowest BCUT2D eigenvalue weighted by molar-refractivity contribution is -0.155. The Kier molecular flexibility index (Phi) is 3.89. The van der Waals surface area contributed by atoms with Crippen LogP contribution in [0.4, 0.5) is 0 Å². The molecule has 0 bridgehead atoms. The van der Waals surface area contributed by atoms with Crippen LogP contribution < -0.4 is 0 Å². The molecule has 0 unspecified atom stereocenters. The second-order valence-electron chi connectivity index (χ2n) is 7.13. The minimum absolute atomic E-state index is 0.0723. The lowest BCUT2D eigenvalue weighted by Gasteiger charge is -2.41. The van der Waals surface area contributed by atoms with Crippen LogP contribution >= 0.6 is 0 Å². The average Bonchev–Trinajstić information content (AvgIpc) is 3.27. The monoisotopic (exact) mass is 319 g/mol. The summed E-state index contributed by atoms with van der Waals surface area (Å²) in [4.78, 5) is 15.1. The van der Waals surface area contributed by atoms with E-state index in [9.17, 15) is 4.79 Å². The van der Waals surface area contributed by atoms with Crippen molar-refractivity contribution >= 4 is 5.91 Å². The molecule has 3 fully saturated rings. The molecule has 1 aliphatic carbocycles. The molecule has 0 radical (unpaired) electrons. The van der Waals surface area contributed by atoms with Gasteiger partial charge in [0.25, 0.3) is 0 Å². The Hall–Kier alpha value is -1.40. The van der Waals surface area contributed by atoms with Gasteiger partial charge in [0.1, 0.15) is 0 Å². The van der Waals surface area contributed by atoms with Crippen LogP contribution in [0.2, 0.25) is 0 Å². The first-order valence-corrected chi connectivity index (χ1v) is 8.70. The molecule has 1 spiro atoms. The Morgan fingerprint density at radius 3 is 2.91 bits per heavy atom. The fourth-order valence-corrected chi connectivity index (χ4v) is 4.35. The summed E-state index contributed by atoms with van der Waals surface area (Å²) < 4.78 is 13.7. The molecule has 23 heavy (non-hydrogen) atoms. The highest BCUT2D eigenvalue weighted by Gasteiger charge is 2.44. The molecule has 1 aromatic heterocycles. The van der Waals surface area contributed by atoms with E-state index in [-0.39, 0.29) is 23.5 Å². The average molecular weight is 319 g/mol. The fraction of sp³-hybridized carbons (Fsp3) is 0.765. The van der Waals surface area contributed by atoms with Crippen LogP contribution in [0.1, 0.15) is 43.8 Å². The zero-order valence-corrected chi connectivity index (χ0v) is 13.7. The molecule has 1 amide bonds. The van der Waals surface area contributed by atoms with Gasteiger partial charge in [-0.1, -0.05) is 12.8 Å². The van der Waals surface area contributed by atoms with E-state index < -0.39 is 0 Å². The minimum Gasteiger partial charge on any atom is -0.373 e. The summed E-state index contributed by atoms with van der Waals surface area (Å²) in [5.41, 5.74) is 0.934. The molecule has 6 heteroatoms. The van der Waals surface area contributed by atoms with Gasteiger partial charge in [-0.2, -0.15) is 5.10 Å². The number of aryl methyl sites for hydroxylation is 1. The molecule has 1 aromatic rings. The smallest absolute Gasteiger partial charge is 0.228 e. The molecular weight excluding hydrogens is 294 g/mol. The first-order chi connectivity index (χ1) is 11.2. The minimum atomic E-state index is -0.154. The predicted molar refractivity (Wildman–Crippen MR) is 83.7 cm³/mol. The molecule has 4 rings (SSSR count). The van der Waals surface area contributed by atoms with Gasteiger partial charge in [-0.25, -0.2) is 0 Å². The Balaban J connectivity index is 1.49. The second-order valence-corrected chi connectivity index (χ2v) is 7.13. The van der Waals surface area contributed by atoms with E-state index in [1.165, 1.54) is 12.8 Å². The maximum Gasteiger partial charge on any atom is 0.228 e. The molecular formula is C17H25N3O3. The number of carbonyl (C=O) groups is 1. The molecule has 0 N–H and O–H groups in total. The Morgan fingerprint density at radius 1 is 1.35 bits per heavy atom. The van der Waals surface area contributed by atoms with Crippen molar-refractivity contribution in [2.75, 3.05) is 26.3 Å². The number of carbonyl (C=O) groups excluding carboxylic acids is 1. The summed E-state index contributed by atoms with van der Waals surface area (Å²) in [5.74, 6) is 0.140. The SMILES string of the molecule is Cn1cc([C@H]2OCC[C@@H]2C(=O)N2CCOC3(CCCC3)C2)cn1. The topological polar surface area (TPSA) is 56.6 Å². The maximum absolute atomic E-state index is 13.1. The molecule has 3 heterocycles. The fourth-order valence-electron chi connectivity index (χ4n) is 4.35. The Bertz CT molecular complexity index is 579. The number of ether oxygens (including phenoxy) is 2. The summed E-state index contributed by atoms with van der Waals surface area (Å²) in [6.45, 7) is 2.77. The van der Waals surface area contributed by atoms with Crippen molar-refractivity contribution in [3.05, 3.63) is 18.0 Å². The zero-order chi connectivity index (χ0) is 15.9. The number of morpholine rings is 1. The van der Waals surface area contributed by atoms with E-state index in [4.69, 9.17) is 9.47 Å². The van der Waals surface area contributed by atoms with Crippen LogP contribution in [-0.4, -0.2) is 52.5 Å². The molecule has 2 aliphatic heterocycles. The van der Waals surface area contributed by atoms with Crippen LogP contribution in [0, 0.1) is 5.92 Å². The predicted octanol–water partition coefficient (Wildman–Crippen LogP) is 1.67. The van der Waals surface area contributed by atoms with Crippen molar-refractivity contribution in [3.63, 3.8) is 0 Å². The van der Waals surface area contributed by atoms with Gasteiger partial charge in [0.2, 0.25) is 5.91 Å². The largest absolute Gasteiger partial charge is 0.373 e. The number of hydrogen-bond acceptors (Lipinski definition) is 4. The molecule has 2 atom stereocenters. The lowest BCUT2D eigenvalue weighted by Crippen LogP contribution is -2.53. The lowest BCUT2D eigenvalue weighted by atomic mass is 9.93. The van der Waals surface area contributed by atoms with Gasteiger partial charge in [0, 0.05) is 38.5 Å². The van der Waals surface area contributed by atoms with Crippen molar-refractivity contribution in [2.45, 2.75) is 43.8 Å². The van der Waals surface area contributed by atoms with Gasteiger partial charge in [0.05, 0.1) is 30.4 Å². The van der Waals surface area contributed by atoms with E-state index in [1.54, 1.807) is 4.68 Å². The Morgan fingerprint density at radius 2 is 2.17 bits per heavy atom. The van der Waals surface area contributed by atoms with Crippen molar-refractivity contribution in [3.8, 4) is 0 Å². The van der Waals surface area contributed by atoms with E-state index >= 15 is 0 Å². The van der Waals surface area contributed by atoms with Crippen molar-refractivity contribution in [2.24, 2.45) is 13.0 Å². The van der Waals surface area contributed by atoms with Crippen molar-refractivity contribution < 1.29 is 14.3 Å². The van der Waals surface area contributed by atoms with Gasteiger partial charge in [-0.15, -0.1) is 0 Å². The van der Waals surface area contributed by atoms with Gasteiger partial charge in [-0.3, -0.25) is 9.48 Å². The Labute approximate surface area is 136 Å². The van der Waals surface area contributed by atoms with Crippen LogP contribution in [0.15, 0.2) is 12.4 Å².